The summed E-state index contributed by atoms with van der Waals surface area (Å²) < 4.78 is 18.3. The molecule has 7 heteroatoms. The van der Waals surface area contributed by atoms with Crippen molar-refractivity contribution in [2.45, 2.75) is 72.3 Å². The molecule has 4 aliphatic carbocycles. The number of carbonyl (C=O) groups is 2. The predicted octanol–water partition coefficient (Wildman–Crippen LogP) is 5.18. The van der Waals surface area contributed by atoms with Gasteiger partial charge in [0.05, 0.1) is 25.2 Å². The molecule has 7 nitrogen and oxygen atoms in total. The van der Waals surface area contributed by atoms with E-state index >= 15 is 0 Å². The molecule has 0 aromatic heterocycles. The Morgan fingerprint density at radius 3 is 2.58 bits per heavy atom. The fraction of sp³-hybridized carbons (Fsp3) is 0.697. The molecule has 1 aliphatic heterocycles. The Hall–Kier alpha value is -2.22. The van der Waals surface area contributed by atoms with Gasteiger partial charge in [-0.1, -0.05) is 51.0 Å². The van der Waals surface area contributed by atoms with E-state index in [2.05, 4.69) is 50.8 Å². The molecule has 6 rings (SSSR count). The molecule has 4 fully saturated rings. The van der Waals surface area contributed by atoms with E-state index in [9.17, 15) is 14.7 Å². The van der Waals surface area contributed by atoms with Gasteiger partial charge < -0.3 is 24.1 Å². The Morgan fingerprint density at radius 2 is 1.93 bits per heavy atom. The molecule has 5 aliphatic rings. The summed E-state index contributed by atoms with van der Waals surface area (Å²) in [5.74, 6) is 1.06. The molecule has 0 amide bonds. The number of rotatable bonds is 9. The minimum Gasteiger partial charge on any atom is -0.497 e. The zero-order valence-corrected chi connectivity index (χ0v) is 24.6. The minimum absolute atomic E-state index is 0.00719. The number of carboxylic acid groups (broad SMARTS) is 1. The molecular formula is C33H45NO6. The van der Waals surface area contributed by atoms with Gasteiger partial charge in [0.15, 0.2) is 6.29 Å². The van der Waals surface area contributed by atoms with Crippen LogP contribution in [0, 0.1) is 45.8 Å². The number of hydrogen-bond donors (Lipinski definition) is 1. The summed E-state index contributed by atoms with van der Waals surface area (Å²) in [7, 11) is 1.67. The Bertz CT molecular complexity index is 1180. The van der Waals surface area contributed by atoms with Crippen LogP contribution in [0.3, 0.4) is 0 Å². The average molecular weight is 552 g/mol. The van der Waals surface area contributed by atoms with E-state index in [1.807, 2.05) is 12.1 Å². The Labute approximate surface area is 238 Å². The molecule has 1 unspecified atom stereocenters. The van der Waals surface area contributed by atoms with Gasteiger partial charge in [0.2, 0.25) is 0 Å². The highest BCUT2D eigenvalue weighted by atomic mass is 16.7. The number of methoxy groups -OCH3 is 1. The third-order valence-electron chi connectivity index (χ3n) is 11.5. The standard InChI is InChI=1S/C33H45NO6/c1-20(2)28-12-24-13-31(18-35)27-11-6-21(3)26(27)14-32(24,33(28,31)30(36)37)19-39-29-17-34(15-22(4)40-29)16-23-7-9-25(38-5)10-8-23/h7-10,12,18,20-22,24,26-27,29H,6,11,13-17,19H2,1-5H3,(H,36,37)/t21-,22?,24+,26-,27-,29-,31+,32+,33+/m1/s1. The highest BCUT2D eigenvalue weighted by Gasteiger charge is 2.84. The normalized spacial score (nSPS) is 42.1. The van der Waals surface area contributed by atoms with Crippen molar-refractivity contribution in [1.29, 1.82) is 0 Å². The Morgan fingerprint density at radius 1 is 1.18 bits per heavy atom. The van der Waals surface area contributed by atoms with Crippen LogP contribution in [0.1, 0.15) is 58.9 Å². The van der Waals surface area contributed by atoms with Gasteiger partial charge >= 0.3 is 5.97 Å². The van der Waals surface area contributed by atoms with Crippen molar-refractivity contribution < 1.29 is 28.9 Å². The molecule has 4 bridgehead atoms. The highest BCUT2D eigenvalue weighted by Crippen LogP contribution is 2.82. The second-order valence-electron chi connectivity index (χ2n) is 13.7. The van der Waals surface area contributed by atoms with E-state index in [0.717, 1.165) is 50.0 Å². The second kappa shape index (κ2) is 9.95. The first-order chi connectivity index (χ1) is 19.1. The van der Waals surface area contributed by atoms with Crippen LogP contribution in [-0.4, -0.2) is 61.5 Å². The number of carbonyl (C=O) groups excluding carboxylic acids is 1. The van der Waals surface area contributed by atoms with E-state index in [4.69, 9.17) is 14.2 Å². The van der Waals surface area contributed by atoms with Crippen molar-refractivity contribution in [1.82, 2.24) is 4.90 Å². The minimum atomic E-state index is -1.21. The number of benzene rings is 1. The molecular weight excluding hydrogens is 506 g/mol. The molecule has 40 heavy (non-hydrogen) atoms. The number of morpholine rings is 1. The first-order valence-electron chi connectivity index (χ1n) is 15.2. The Balaban J connectivity index is 1.29. The molecule has 218 valence electrons. The number of ether oxygens (including phenoxy) is 3. The lowest BCUT2D eigenvalue weighted by Gasteiger charge is -2.58. The maximum atomic E-state index is 13.6. The van der Waals surface area contributed by atoms with Crippen LogP contribution in [0.2, 0.25) is 0 Å². The number of aldehydes is 1. The van der Waals surface area contributed by atoms with Crippen LogP contribution in [0.5, 0.6) is 5.75 Å². The van der Waals surface area contributed by atoms with Gasteiger partial charge in [-0.3, -0.25) is 9.69 Å². The summed E-state index contributed by atoms with van der Waals surface area (Å²) in [5.41, 5.74) is -0.570. The van der Waals surface area contributed by atoms with Crippen molar-refractivity contribution in [2.24, 2.45) is 45.8 Å². The topological polar surface area (TPSA) is 85.3 Å². The molecule has 0 spiro atoms. The predicted molar refractivity (Wildman–Crippen MR) is 151 cm³/mol. The van der Waals surface area contributed by atoms with Crippen LogP contribution in [-0.2, 0) is 25.6 Å². The van der Waals surface area contributed by atoms with Crippen LogP contribution in [0.4, 0.5) is 0 Å². The average Bonchev–Trinajstić information content (AvgIpc) is 3.49. The van der Waals surface area contributed by atoms with Gasteiger partial charge in [0.1, 0.15) is 17.5 Å². The van der Waals surface area contributed by atoms with Crippen molar-refractivity contribution in [2.75, 3.05) is 26.8 Å². The molecule has 1 aromatic rings. The van der Waals surface area contributed by atoms with Gasteiger partial charge in [0.25, 0.3) is 0 Å². The molecule has 9 atom stereocenters. The van der Waals surface area contributed by atoms with E-state index in [1.54, 1.807) is 7.11 Å². The highest BCUT2D eigenvalue weighted by molar-refractivity contribution is 5.90. The maximum Gasteiger partial charge on any atom is 0.315 e. The quantitative estimate of drug-likeness (QED) is 0.334. The fourth-order valence-corrected chi connectivity index (χ4v) is 10.1. The third kappa shape index (κ3) is 3.73. The van der Waals surface area contributed by atoms with Crippen LogP contribution in [0.25, 0.3) is 0 Å². The summed E-state index contributed by atoms with van der Waals surface area (Å²) in [4.78, 5) is 29.2. The van der Waals surface area contributed by atoms with Crippen LogP contribution < -0.4 is 4.74 Å². The van der Waals surface area contributed by atoms with Crippen molar-refractivity contribution in [3.05, 3.63) is 41.5 Å². The molecule has 1 aromatic carbocycles. The van der Waals surface area contributed by atoms with Gasteiger partial charge in [-0.2, -0.15) is 0 Å². The summed E-state index contributed by atoms with van der Waals surface area (Å²) in [6.07, 6.45) is 6.29. The third-order valence-corrected chi connectivity index (χ3v) is 11.5. The molecule has 0 radical (unpaired) electrons. The van der Waals surface area contributed by atoms with E-state index in [0.29, 0.717) is 31.4 Å². The first-order valence-corrected chi connectivity index (χ1v) is 15.2. The number of aliphatic carboxylic acids is 1. The van der Waals surface area contributed by atoms with Gasteiger partial charge in [0, 0.05) is 25.0 Å². The van der Waals surface area contributed by atoms with E-state index in [-0.39, 0.29) is 23.9 Å². The molecule has 1 N–H and O–H groups in total. The largest absolute Gasteiger partial charge is 0.497 e. The summed E-state index contributed by atoms with van der Waals surface area (Å²) in [6.45, 7) is 11.0. The number of fused-ring (bicyclic) bond motifs is 2. The zero-order chi connectivity index (χ0) is 28.4. The molecule has 1 saturated heterocycles. The van der Waals surface area contributed by atoms with E-state index < -0.39 is 28.5 Å². The number of nitrogens with zero attached hydrogens (tertiary/aromatic N) is 1. The van der Waals surface area contributed by atoms with E-state index in [1.165, 1.54) is 5.56 Å². The van der Waals surface area contributed by atoms with Crippen molar-refractivity contribution in [3.63, 3.8) is 0 Å². The summed E-state index contributed by atoms with van der Waals surface area (Å²) >= 11 is 0. The lowest BCUT2D eigenvalue weighted by molar-refractivity contribution is -0.237. The first kappa shape index (κ1) is 27.9. The number of hydrogen-bond acceptors (Lipinski definition) is 6. The lowest BCUT2D eigenvalue weighted by Crippen LogP contribution is -2.64. The smallest absolute Gasteiger partial charge is 0.315 e. The zero-order valence-electron chi connectivity index (χ0n) is 24.6. The van der Waals surface area contributed by atoms with Crippen molar-refractivity contribution >= 4 is 12.3 Å². The number of carboxylic acids is 1. The SMILES string of the molecule is COc1ccc(CN2CC(C)O[C@@H](OC[C@@]34C[C@@H]5[C@H](C)CC[C@H]5[C@@]5(C=O)C[C@@H]3C=C(C(C)C)[C@@]45C(=O)O)C2)cc1. The number of allylic oxidation sites excluding steroid dienone is 1. The second-order valence-corrected chi connectivity index (χ2v) is 13.7. The summed E-state index contributed by atoms with van der Waals surface area (Å²) in [6, 6.07) is 8.12. The fourth-order valence-electron chi connectivity index (χ4n) is 10.1. The Kier molecular flexibility index (Phi) is 6.95. The lowest BCUT2D eigenvalue weighted by atomic mass is 9.43. The monoisotopic (exact) mass is 551 g/mol. The van der Waals surface area contributed by atoms with Crippen LogP contribution >= 0.6 is 0 Å². The van der Waals surface area contributed by atoms with Gasteiger partial charge in [-0.15, -0.1) is 0 Å². The summed E-state index contributed by atoms with van der Waals surface area (Å²) in [5, 5.41) is 11.2. The molecule has 3 saturated carbocycles. The van der Waals surface area contributed by atoms with Crippen LogP contribution in [0.15, 0.2) is 35.9 Å². The van der Waals surface area contributed by atoms with Gasteiger partial charge in [-0.25, -0.2) is 0 Å². The van der Waals surface area contributed by atoms with Gasteiger partial charge in [-0.05, 0) is 73.5 Å². The maximum absolute atomic E-state index is 13.6. The molecule has 1 heterocycles. The van der Waals surface area contributed by atoms with Crippen molar-refractivity contribution in [3.8, 4) is 5.75 Å².